The topological polar surface area (TPSA) is 52.2 Å². The molecule has 0 aromatic carbocycles. The summed E-state index contributed by atoms with van der Waals surface area (Å²) in [4.78, 5) is 17.9. The Bertz CT molecular complexity index is 744. The van der Waals surface area contributed by atoms with Gasteiger partial charge >= 0.3 is 0 Å². The van der Waals surface area contributed by atoms with E-state index >= 15 is 0 Å². The number of aromatic amines is 1. The van der Waals surface area contributed by atoms with E-state index in [-0.39, 0.29) is 11.9 Å². The van der Waals surface area contributed by atoms with E-state index in [2.05, 4.69) is 21.2 Å². The Balaban J connectivity index is 1.43. The number of likely N-dealkylation sites (N-methyl/N-ethyl adjacent to an activating group) is 1. The number of nitrogens with one attached hydrogen (secondary N) is 1. The molecular formula is C18H23FN4OS. The van der Waals surface area contributed by atoms with Crippen LogP contribution in [0.15, 0.2) is 17.5 Å². The van der Waals surface area contributed by atoms with Gasteiger partial charge in [0.25, 0.3) is 5.91 Å². The fraction of sp³-hybridized carbons (Fsp3) is 0.556. The maximum atomic E-state index is 14.0. The first-order chi connectivity index (χ1) is 12.1. The van der Waals surface area contributed by atoms with E-state index in [1.807, 2.05) is 11.4 Å². The molecule has 25 heavy (non-hydrogen) atoms. The van der Waals surface area contributed by atoms with Crippen LogP contribution in [0.3, 0.4) is 0 Å². The van der Waals surface area contributed by atoms with Crippen molar-refractivity contribution in [1.82, 2.24) is 20.0 Å². The minimum absolute atomic E-state index is 0.0537. The number of rotatable bonds is 5. The third-order valence-electron chi connectivity index (χ3n) is 5.26. The number of fused-ring (bicyclic) bond motifs is 1. The predicted octanol–water partition coefficient (Wildman–Crippen LogP) is 2.64. The van der Waals surface area contributed by atoms with Gasteiger partial charge in [-0.05, 0) is 37.1 Å². The van der Waals surface area contributed by atoms with Crippen LogP contribution in [0.1, 0.15) is 39.5 Å². The molecule has 0 unspecified atom stereocenters. The van der Waals surface area contributed by atoms with Crippen LogP contribution in [0.2, 0.25) is 0 Å². The van der Waals surface area contributed by atoms with Gasteiger partial charge in [0.05, 0.1) is 0 Å². The summed E-state index contributed by atoms with van der Waals surface area (Å²) in [6, 6.07) is 4.15. The normalized spacial score (nSPS) is 23.1. The molecule has 3 heterocycles. The molecule has 2 aromatic heterocycles. The Morgan fingerprint density at radius 2 is 2.40 bits per heavy atom. The van der Waals surface area contributed by atoms with Crippen LogP contribution in [-0.4, -0.2) is 58.3 Å². The van der Waals surface area contributed by atoms with E-state index in [9.17, 15) is 9.18 Å². The van der Waals surface area contributed by atoms with Crippen molar-refractivity contribution in [2.24, 2.45) is 0 Å². The molecule has 2 aliphatic rings. The van der Waals surface area contributed by atoms with E-state index in [1.54, 1.807) is 23.3 Å². The number of carbonyl (C=O) groups is 1. The number of likely N-dealkylation sites (tertiary alicyclic amines) is 1. The molecule has 1 N–H and O–H groups in total. The highest BCUT2D eigenvalue weighted by Crippen LogP contribution is 2.26. The smallest absolute Gasteiger partial charge is 0.274 e. The summed E-state index contributed by atoms with van der Waals surface area (Å²) < 4.78 is 14.0. The molecule has 0 saturated carbocycles. The molecule has 1 amide bonds. The van der Waals surface area contributed by atoms with Crippen LogP contribution in [0.5, 0.6) is 0 Å². The summed E-state index contributed by atoms with van der Waals surface area (Å²) in [6.45, 7) is 1.73. The molecule has 0 bridgehead atoms. The van der Waals surface area contributed by atoms with Crippen LogP contribution in [0.4, 0.5) is 4.39 Å². The lowest BCUT2D eigenvalue weighted by Crippen LogP contribution is -2.41. The van der Waals surface area contributed by atoms with Crippen molar-refractivity contribution in [3.05, 3.63) is 39.3 Å². The van der Waals surface area contributed by atoms with Gasteiger partial charge in [-0.1, -0.05) is 6.07 Å². The SMILES string of the molecule is CN(C[C@@H]1C[C@H](F)CN1Cc1cccs1)C(=O)c1n[nH]c2c1CCC2. The van der Waals surface area contributed by atoms with Gasteiger partial charge in [-0.3, -0.25) is 14.8 Å². The maximum Gasteiger partial charge on any atom is 0.274 e. The van der Waals surface area contributed by atoms with Gasteiger partial charge in [0, 0.05) is 48.9 Å². The minimum atomic E-state index is -0.817. The number of nitrogens with zero attached hydrogens (tertiary/aromatic N) is 3. The molecule has 7 heteroatoms. The van der Waals surface area contributed by atoms with Crippen molar-refractivity contribution < 1.29 is 9.18 Å². The van der Waals surface area contributed by atoms with E-state index in [1.165, 1.54) is 4.88 Å². The zero-order chi connectivity index (χ0) is 17.4. The highest BCUT2D eigenvalue weighted by Gasteiger charge is 2.34. The molecule has 5 nitrogen and oxygen atoms in total. The first-order valence-corrected chi connectivity index (χ1v) is 9.72. The Labute approximate surface area is 150 Å². The average Bonchev–Trinajstić information content (AvgIpc) is 3.33. The first-order valence-electron chi connectivity index (χ1n) is 8.84. The number of amides is 1. The number of aromatic nitrogens is 2. The molecule has 1 fully saturated rings. The molecule has 1 saturated heterocycles. The number of carbonyl (C=O) groups excluding carboxylic acids is 1. The van der Waals surface area contributed by atoms with Crippen molar-refractivity contribution in [2.75, 3.05) is 20.1 Å². The van der Waals surface area contributed by atoms with Gasteiger partial charge in [0.1, 0.15) is 6.17 Å². The molecule has 4 rings (SSSR count). The Hall–Kier alpha value is -1.73. The van der Waals surface area contributed by atoms with Crippen molar-refractivity contribution in [2.45, 2.75) is 44.4 Å². The predicted molar refractivity (Wildman–Crippen MR) is 95.6 cm³/mol. The van der Waals surface area contributed by atoms with Crippen molar-refractivity contribution in [1.29, 1.82) is 0 Å². The molecule has 2 aromatic rings. The standard InChI is InChI=1S/C18H23FN4OS/c1-22(18(24)17-15-5-2-6-16(15)20-21-17)10-13-8-12(19)9-23(13)11-14-4-3-7-25-14/h3-4,7,12-13H,2,5-6,8-11H2,1H3,(H,20,21)/t12-,13-/m0/s1. The highest BCUT2D eigenvalue weighted by molar-refractivity contribution is 7.09. The van der Waals surface area contributed by atoms with E-state index < -0.39 is 6.17 Å². The second-order valence-electron chi connectivity index (χ2n) is 7.06. The van der Waals surface area contributed by atoms with E-state index in [0.29, 0.717) is 25.2 Å². The lowest BCUT2D eigenvalue weighted by molar-refractivity contribution is 0.0743. The van der Waals surface area contributed by atoms with Crippen molar-refractivity contribution in [3.63, 3.8) is 0 Å². The number of hydrogen-bond acceptors (Lipinski definition) is 4. The van der Waals surface area contributed by atoms with Crippen molar-refractivity contribution in [3.8, 4) is 0 Å². The third kappa shape index (κ3) is 3.35. The van der Waals surface area contributed by atoms with Crippen molar-refractivity contribution >= 4 is 17.2 Å². The third-order valence-corrected chi connectivity index (χ3v) is 6.12. The monoisotopic (exact) mass is 362 g/mol. The largest absolute Gasteiger partial charge is 0.339 e. The fourth-order valence-electron chi connectivity index (χ4n) is 3.98. The minimum Gasteiger partial charge on any atom is -0.339 e. The second-order valence-corrected chi connectivity index (χ2v) is 8.10. The Morgan fingerprint density at radius 1 is 1.52 bits per heavy atom. The van der Waals surface area contributed by atoms with Crippen LogP contribution in [0.25, 0.3) is 0 Å². The molecule has 2 atom stereocenters. The van der Waals surface area contributed by atoms with Crippen LogP contribution < -0.4 is 0 Å². The number of hydrogen-bond donors (Lipinski definition) is 1. The van der Waals surface area contributed by atoms with E-state index in [0.717, 1.165) is 37.1 Å². The van der Waals surface area contributed by atoms with Gasteiger partial charge in [-0.15, -0.1) is 11.3 Å². The summed E-state index contributed by atoms with van der Waals surface area (Å²) in [5, 5.41) is 9.26. The fourth-order valence-corrected chi connectivity index (χ4v) is 4.71. The lowest BCUT2D eigenvalue weighted by atomic mass is 10.1. The van der Waals surface area contributed by atoms with Crippen LogP contribution in [0, 0.1) is 0 Å². The number of halogens is 1. The summed E-state index contributed by atoms with van der Waals surface area (Å²) in [7, 11) is 1.80. The number of H-pyrrole nitrogens is 1. The number of aryl methyl sites for hydroxylation is 1. The van der Waals surface area contributed by atoms with Gasteiger partial charge in [-0.2, -0.15) is 5.10 Å². The maximum absolute atomic E-state index is 14.0. The average molecular weight is 362 g/mol. The lowest BCUT2D eigenvalue weighted by Gasteiger charge is -2.28. The zero-order valence-corrected chi connectivity index (χ0v) is 15.2. The van der Waals surface area contributed by atoms with Crippen LogP contribution in [-0.2, 0) is 19.4 Å². The summed E-state index contributed by atoms with van der Waals surface area (Å²) in [5.41, 5.74) is 2.72. The molecular weight excluding hydrogens is 339 g/mol. The summed E-state index contributed by atoms with van der Waals surface area (Å²) in [6.07, 6.45) is 2.64. The first kappa shape index (κ1) is 16.7. The molecule has 1 aliphatic carbocycles. The Kier molecular flexibility index (Phi) is 4.60. The number of alkyl halides is 1. The quantitative estimate of drug-likeness (QED) is 0.890. The molecule has 0 radical (unpaired) electrons. The molecule has 0 spiro atoms. The van der Waals surface area contributed by atoms with Gasteiger partial charge in [0.2, 0.25) is 0 Å². The molecule has 134 valence electrons. The zero-order valence-electron chi connectivity index (χ0n) is 14.4. The summed E-state index contributed by atoms with van der Waals surface area (Å²) >= 11 is 1.69. The van der Waals surface area contributed by atoms with Gasteiger partial charge < -0.3 is 4.90 Å². The van der Waals surface area contributed by atoms with Gasteiger partial charge in [-0.25, -0.2) is 4.39 Å². The van der Waals surface area contributed by atoms with Crippen LogP contribution >= 0.6 is 11.3 Å². The highest BCUT2D eigenvalue weighted by atomic mass is 32.1. The van der Waals surface area contributed by atoms with E-state index in [4.69, 9.17) is 0 Å². The molecule has 1 aliphatic heterocycles. The second kappa shape index (κ2) is 6.88. The summed E-state index contributed by atoms with van der Waals surface area (Å²) in [5.74, 6) is -0.0576. The Morgan fingerprint density at radius 3 is 3.20 bits per heavy atom. The van der Waals surface area contributed by atoms with Gasteiger partial charge in [0.15, 0.2) is 5.69 Å². The number of thiophene rings is 1.